The predicted molar refractivity (Wildman–Crippen MR) is 82.8 cm³/mol. The minimum absolute atomic E-state index is 0.0108. The molecular formula is C17H23NO4. The van der Waals surface area contributed by atoms with Crippen LogP contribution in [-0.2, 0) is 9.59 Å². The quantitative estimate of drug-likeness (QED) is 0.791. The zero-order valence-corrected chi connectivity index (χ0v) is 12.9. The van der Waals surface area contributed by atoms with Crippen molar-refractivity contribution < 1.29 is 19.4 Å². The van der Waals surface area contributed by atoms with Crippen LogP contribution in [0.4, 0.5) is 0 Å². The highest BCUT2D eigenvalue weighted by Gasteiger charge is 2.29. The molecule has 0 bridgehead atoms. The van der Waals surface area contributed by atoms with Gasteiger partial charge < -0.3 is 15.2 Å². The average molecular weight is 305 g/mol. The van der Waals surface area contributed by atoms with E-state index in [1.54, 1.807) is 0 Å². The summed E-state index contributed by atoms with van der Waals surface area (Å²) in [4.78, 5) is 22.9. The number of ether oxygens (including phenoxy) is 1. The highest BCUT2D eigenvalue weighted by atomic mass is 16.5. The summed E-state index contributed by atoms with van der Waals surface area (Å²) in [5.74, 6) is -0.276. The molecule has 2 rings (SSSR count). The summed E-state index contributed by atoms with van der Waals surface area (Å²) < 4.78 is 5.58. The molecule has 1 saturated carbocycles. The Morgan fingerprint density at radius 1 is 1.23 bits per heavy atom. The van der Waals surface area contributed by atoms with E-state index in [4.69, 9.17) is 9.84 Å². The molecule has 1 aromatic carbocycles. The van der Waals surface area contributed by atoms with Gasteiger partial charge in [0.15, 0.2) is 0 Å². The van der Waals surface area contributed by atoms with Gasteiger partial charge in [0.2, 0.25) is 5.91 Å². The van der Waals surface area contributed by atoms with E-state index >= 15 is 0 Å². The third kappa shape index (κ3) is 4.76. The van der Waals surface area contributed by atoms with Crippen molar-refractivity contribution in [3.05, 3.63) is 29.8 Å². The molecule has 1 aliphatic carbocycles. The van der Waals surface area contributed by atoms with Gasteiger partial charge in [-0.1, -0.05) is 12.1 Å². The Bertz CT molecular complexity index is 521. The maximum absolute atomic E-state index is 12.0. The normalized spacial score (nSPS) is 21.1. The number of amides is 1. The summed E-state index contributed by atoms with van der Waals surface area (Å²) in [6, 6.07) is 7.78. The van der Waals surface area contributed by atoms with Crippen molar-refractivity contribution in [2.24, 2.45) is 11.8 Å². The first kappa shape index (κ1) is 16.3. The number of hydrogen-bond acceptors (Lipinski definition) is 3. The standard InChI is InChI=1S/C17H23NO4/c1-12-3-2-4-15(11-12)22-10-9-18-16(19)13-5-7-14(8-6-13)17(20)21/h2-4,11,13-14H,5-10H2,1H3,(H,18,19)(H,20,21). The lowest BCUT2D eigenvalue weighted by Gasteiger charge is -2.25. The molecule has 0 atom stereocenters. The Morgan fingerprint density at radius 2 is 1.91 bits per heavy atom. The second kappa shape index (κ2) is 7.82. The van der Waals surface area contributed by atoms with Crippen LogP contribution in [0.3, 0.4) is 0 Å². The molecule has 0 spiro atoms. The van der Waals surface area contributed by atoms with Gasteiger partial charge in [0.25, 0.3) is 0 Å². The Kier molecular flexibility index (Phi) is 5.81. The van der Waals surface area contributed by atoms with Crippen LogP contribution in [0.15, 0.2) is 24.3 Å². The van der Waals surface area contributed by atoms with Crippen molar-refractivity contribution in [2.75, 3.05) is 13.2 Å². The average Bonchev–Trinajstić information content (AvgIpc) is 2.51. The molecule has 1 aromatic rings. The van der Waals surface area contributed by atoms with Crippen molar-refractivity contribution >= 4 is 11.9 Å². The molecule has 0 aromatic heterocycles. The van der Waals surface area contributed by atoms with Gasteiger partial charge in [-0.05, 0) is 50.3 Å². The number of hydrogen-bond donors (Lipinski definition) is 2. The lowest BCUT2D eigenvalue weighted by molar-refractivity contribution is -0.144. The lowest BCUT2D eigenvalue weighted by atomic mass is 9.81. The van der Waals surface area contributed by atoms with Crippen LogP contribution in [0.25, 0.3) is 0 Å². The molecule has 120 valence electrons. The third-order valence-corrected chi connectivity index (χ3v) is 4.11. The Labute approximate surface area is 130 Å². The molecule has 1 aliphatic rings. The second-order valence-electron chi connectivity index (χ2n) is 5.84. The number of carbonyl (C=O) groups is 2. The summed E-state index contributed by atoms with van der Waals surface area (Å²) in [5, 5.41) is 11.8. The smallest absolute Gasteiger partial charge is 0.306 e. The van der Waals surface area contributed by atoms with Crippen LogP contribution in [0.1, 0.15) is 31.2 Å². The SMILES string of the molecule is Cc1cccc(OCCNC(=O)C2CCC(C(=O)O)CC2)c1. The monoisotopic (exact) mass is 305 g/mol. The van der Waals surface area contributed by atoms with Gasteiger partial charge in [-0.15, -0.1) is 0 Å². The lowest BCUT2D eigenvalue weighted by Crippen LogP contribution is -2.36. The molecule has 0 radical (unpaired) electrons. The molecule has 0 saturated heterocycles. The Balaban J connectivity index is 1.65. The molecule has 1 amide bonds. The molecule has 0 unspecified atom stereocenters. The van der Waals surface area contributed by atoms with E-state index in [1.807, 2.05) is 31.2 Å². The van der Waals surface area contributed by atoms with Crippen LogP contribution < -0.4 is 10.1 Å². The van der Waals surface area contributed by atoms with Crippen LogP contribution in [-0.4, -0.2) is 30.1 Å². The first-order valence-electron chi connectivity index (χ1n) is 7.76. The summed E-state index contributed by atoms with van der Waals surface area (Å²) in [7, 11) is 0. The fourth-order valence-corrected chi connectivity index (χ4v) is 2.80. The first-order chi connectivity index (χ1) is 10.6. The Hall–Kier alpha value is -2.04. The summed E-state index contributed by atoms with van der Waals surface area (Å²) in [6.45, 7) is 2.90. The zero-order chi connectivity index (χ0) is 15.9. The van der Waals surface area contributed by atoms with Crippen LogP contribution >= 0.6 is 0 Å². The minimum atomic E-state index is -0.745. The molecule has 0 heterocycles. The van der Waals surface area contributed by atoms with Crippen molar-refractivity contribution in [3.8, 4) is 5.75 Å². The van der Waals surface area contributed by atoms with Gasteiger partial charge in [-0.2, -0.15) is 0 Å². The van der Waals surface area contributed by atoms with E-state index in [0.717, 1.165) is 11.3 Å². The highest BCUT2D eigenvalue weighted by Crippen LogP contribution is 2.28. The van der Waals surface area contributed by atoms with Gasteiger partial charge >= 0.3 is 5.97 Å². The fraction of sp³-hybridized carbons (Fsp3) is 0.529. The minimum Gasteiger partial charge on any atom is -0.492 e. The fourth-order valence-electron chi connectivity index (χ4n) is 2.80. The van der Waals surface area contributed by atoms with E-state index in [-0.39, 0.29) is 17.7 Å². The Morgan fingerprint density at radius 3 is 2.55 bits per heavy atom. The highest BCUT2D eigenvalue weighted by molar-refractivity contribution is 5.79. The van der Waals surface area contributed by atoms with E-state index in [2.05, 4.69) is 5.32 Å². The van der Waals surface area contributed by atoms with Gasteiger partial charge in [0.05, 0.1) is 12.5 Å². The van der Waals surface area contributed by atoms with Crippen molar-refractivity contribution in [1.29, 1.82) is 0 Å². The maximum atomic E-state index is 12.0. The zero-order valence-electron chi connectivity index (χ0n) is 12.9. The number of carboxylic acid groups (broad SMARTS) is 1. The largest absolute Gasteiger partial charge is 0.492 e. The van der Waals surface area contributed by atoms with Crippen molar-refractivity contribution in [2.45, 2.75) is 32.6 Å². The summed E-state index contributed by atoms with van der Waals surface area (Å²) >= 11 is 0. The van der Waals surface area contributed by atoms with E-state index in [1.165, 1.54) is 0 Å². The van der Waals surface area contributed by atoms with Gasteiger partial charge in [-0.25, -0.2) is 0 Å². The first-order valence-corrected chi connectivity index (χ1v) is 7.76. The van der Waals surface area contributed by atoms with E-state index in [0.29, 0.717) is 38.8 Å². The molecule has 5 heteroatoms. The summed E-state index contributed by atoms with van der Waals surface area (Å²) in [6.07, 6.45) is 2.49. The third-order valence-electron chi connectivity index (χ3n) is 4.11. The van der Waals surface area contributed by atoms with Gasteiger partial charge in [0.1, 0.15) is 12.4 Å². The number of rotatable bonds is 6. The van der Waals surface area contributed by atoms with Gasteiger partial charge in [0, 0.05) is 5.92 Å². The number of benzene rings is 1. The van der Waals surface area contributed by atoms with Gasteiger partial charge in [-0.3, -0.25) is 9.59 Å². The molecule has 22 heavy (non-hydrogen) atoms. The molecule has 1 fully saturated rings. The number of aliphatic carboxylic acids is 1. The predicted octanol–water partition coefficient (Wildman–Crippen LogP) is 2.38. The number of carboxylic acids is 1. The molecule has 2 N–H and O–H groups in total. The molecular weight excluding hydrogens is 282 g/mol. The molecule has 0 aliphatic heterocycles. The topological polar surface area (TPSA) is 75.6 Å². The number of nitrogens with one attached hydrogen (secondary N) is 1. The number of carbonyl (C=O) groups excluding carboxylic acids is 1. The number of aryl methyl sites for hydroxylation is 1. The second-order valence-corrected chi connectivity index (χ2v) is 5.84. The maximum Gasteiger partial charge on any atom is 0.306 e. The van der Waals surface area contributed by atoms with Crippen LogP contribution in [0.2, 0.25) is 0 Å². The van der Waals surface area contributed by atoms with Crippen LogP contribution in [0.5, 0.6) is 5.75 Å². The molecule has 5 nitrogen and oxygen atoms in total. The van der Waals surface area contributed by atoms with Crippen molar-refractivity contribution in [3.63, 3.8) is 0 Å². The van der Waals surface area contributed by atoms with Crippen LogP contribution in [0, 0.1) is 18.8 Å². The van der Waals surface area contributed by atoms with Crippen molar-refractivity contribution in [1.82, 2.24) is 5.32 Å². The van der Waals surface area contributed by atoms with E-state index < -0.39 is 5.97 Å². The van der Waals surface area contributed by atoms with E-state index in [9.17, 15) is 9.59 Å². The summed E-state index contributed by atoms with van der Waals surface area (Å²) in [5.41, 5.74) is 1.14.